The molecule has 1 aliphatic rings. The van der Waals surface area contributed by atoms with E-state index >= 15 is 0 Å². The Kier molecular flexibility index (Phi) is 2.88. The van der Waals surface area contributed by atoms with Crippen molar-refractivity contribution in [1.82, 2.24) is 0 Å². The standard InChI is InChI=1S/C9H12O5/c10-6-1-3-9(4-2-6,8(13)14)5-7(11)12/h1-5H2,(H,11,12)(H,13,14). The first-order valence-electron chi connectivity index (χ1n) is 4.43. The molecular weight excluding hydrogens is 188 g/mol. The molecule has 0 unspecified atom stereocenters. The molecule has 5 nitrogen and oxygen atoms in total. The van der Waals surface area contributed by atoms with Crippen molar-refractivity contribution in [1.29, 1.82) is 0 Å². The van der Waals surface area contributed by atoms with Gasteiger partial charge in [0.25, 0.3) is 0 Å². The number of carboxylic acids is 2. The molecule has 78 valence electrons. The van der Waals surface area contributed by atoms with Crippen molar-refractivity contribution in [2.24, 2.45) is 5.41 Å². The van der Waals surface area contributed by atoms with E-state index in [9.17, 15) is 14.4 Å². The van der Waals surface area contributed by atoms with Crippen LogP contribution >= 0.6 is 0 Å². The van der Waals surface area contributed by atoms with Crippen molar-refractivity contribution in [2.45, 2.75) is 32.1 Å². The quantitative estimate of drug-likeness (QED) is 0.698. The summed E-state index contributed by atoms with van der Waals surface area (Å²) in [6, 6.07) is 0. The average molecular weight is 200 g/mol. The minimum Gasteiger partial charge on any atom is -0.481 e. The van der Waals surface area contributed by atoms with Gasteiger partial charge in [0, 0.05) is 12.8 Å². The molecule has 0 atom stereocenters. The van der Waals surface area contributed by atoms with E-state index in [1.54, 1.807) is 0 Å². The zero-order chi connectivity index (χ0) is 10.8. The molecule has 0 amide bonds. The van der Waals surface area contributed by atoms with Crippen LogP contribution in [0.25, 0.3) is 0 Å². The first-order valence-corrected chi connectivity index (χ1v) is 4.43. The summed E-state index contributed by atoms with van der Waals surface area (Å²) < 4.78 is 0. The van der Waals surface area contributed by atoms with Gasteiger partial charge in [0.05, 0.1) is 11.8 Å². The van der Waals surface area contributed by atoms with Gasteiger partial charge >= 0.3 is 11.9 Å². The average Bonchev–Trinajstić information content (AvgIpc) is 2.08. The largest absolute Gasteiger partial charge is 0.481 e. The highest BCUT2D eigenvalue weighted by Crippen LogP contribution is 2.38. The van der Waals surface area contributed by atoms with E-state index in [2.05, 4.69) is 0 Å². The molecule has 0 aromatic heterocycles. The smallest absolute Gasteiger partial charge is 0.310 e. The van der Waals surface area contributed by atoms with Crippen LogP contribution in [0.4, 0.5) is 0 Å². The third-order valence-electron chi connectivity index (χ3n) is 2.71. The topological polar surface area (TPSA) is 91.7 Å². The summed E-state index contributed by atoms with van der Waals surface area (Å²) in [5.74, 6) is -2.21. The predicted octanol–water partition coefficient (Wildman–Crippen LogP) is 0.675. The Labute approximate surface area is 80.7 Å². The summed E-state index contributed by atoms with van der Waals surface area (Å²) in [6.45, 7) is 0. The van der Waals surface area contributed by atoms with Gasteiger partial charge in [0.2, 0.25) is 0 Å². The Morgan fingerprint density at radius 1 is 1.21 bits per heavy atom. The lowest BCUT2D eigenvalue weighted by atomic mass is 9.71. The molecule has 0 heterocycles. The maximum atomic E-state index is 10.9. The minimum absolute atomic E-state index is 0.0206. The maximum absolute atomic E-state index is 10.9. The number of hydrogen-bond donors (Lipinski definition) is 2. The summed E-state index contributed by atoms with van der Waals surface area (Å²) in [7, 11) is 0. The second-order valence-corrected chi connectivity index (χ2v) is 3.69. The van der Waals surface area contributed by atoms with Gasteiger partial charge in [-0.3, -0.25) is 14.4 Å². The Morgan fingerprint density at radius 2 is 1.71 bits per heavy atom. The van der Waals surface area contributed by atoms with Crippen LogP contribution in [0.2, 0.25) is 0 Å². The van der Waals surface area contributed by atoms with Crippen molar-refractivity contribution in [3.63, 3.8) is 0 Å². The van der Waals surface area contributed by atoms with Gasteiger partial charge in [0.15, 0.2) is 0 Å². The highest BCUT2D eigenvalue weighted by molar-refractivity contribution is 5.86. The first-order chi connectivity index (χ1) is 6.46. The highest BCUT2D eigenvalue weighted by atomic mass is 16.4. The molecule has 0 aromatic rings. The molecule has 1 fully saturated rings. The lowest BCUT2D eigenvalue weighted by molar-refractivity contribution is -0.158. The van der Waals surface area contributed by atoms with Crippen molar-refractivity contribution in [3.8, 4) is 0 Å². The maximum Gasteiger partial charge on any atom is 0.310 e. The Morgan fingerprint density at radius 3 is 2.07 bits per heavy atom. The second kappa shape index (κ2) is 3.77. The number of Topliss-reactive ketones (excluding diaryl/α,β-unsaturated/α-hetero) is 1. The number of carbonyl (C=O) groups excluding carboxylic acids is 1. The van der Waals surface area contributed by atoms with Crippen LogP contribution in [0.3, 0.4) is 0 Å². The van der Waals surface area contributed by atoms with Crippen LogP contribution in [0.15, 0.2) is 0 Å². The Bertz CT molecular complexity index is 271. The number of rotatable bonds is 3. The summed E-state index contributed by atoms with van der Waals surface area (Å²) >= 11 is 0. The molecule has 0 saturated heterocycles. The monoisotopic (exact) mass is 200 g/mol. The lowest BCUT2D eigenvalue weighted by Crippen LogP contribution is -2.37. The molecular formula is C9H12O5. The van der Waals surface area contributed by atoms with Gasteiger partial charge < -0.3 is 10.2 Å². The van der Waals surface area contributed by atoms with Crippen LogP contribution in [-0.2, 0) is 14.4 Å². The third kappa shape index (κ3) is 2.10. The number of carboxylic acid groups (broad SMARTS) is 2. The van der Waals surface area contributed by atoms with Gasteiger partial charge in [-0.1, -0.05) is 0 Å². The molecule has 0 spiro atoms. The highest BCUT2D eigenvalue weighted by Gasteiger charge is 2.43. The van der Waals surface area contributed by atoms with Gasteiger partial charge in [-0.15, -0.1) is 0 Å². The van der Waals surface area contributed by atoms with E-state index in [0.717, 1.165) is 0 Å². The van der Waals surface area contributed by atoms with E-state index in [4.69, 9.17) is 10.2 Å². The minimum atomic E-state index is -1.22. The third-order valence-corrected chi connectivity index (χ3v) is 2.71. The van der Waals surface area contributed by atoms with Crippen molar-refractivity contribution < 1.29 is 24.6 Å². The fraction of sp³-hybridized carbons (Fsp3) is 0.667. The molecule has 0 radical (unpaired) electrons. The van der Waals surface area contributed by atoms with Gasteiger partial charge in [0.1, 0.15) is 5.78 Å². The van der Waals surface area contributed by atoms with E-state index in [0.29, 0.717) is 0 Å². The molecule has 2 N–H and O–H groups in total. The van der Waals surface area contributed by atoms with Crippen molar-refractivity contribution >= 4 is 17.7 Å². The van der Waals surface area contributed by atoms with Crippen LogP contribution in [0, 0.1) is 5.41 Å². The molecule has 14 heavy (non-hydrogen) atoms. The number of carbonyl (C=O) groups is 3. The van der Waals surface area contributed by atoms with Crippen LogP contribution < -0.4 is 0 Å². The normalized spacial score (nSPS) is 20.4. The summed E-state index contributed by atoms with van der Waals surface area (Å²) in [5, 5.41) is 17.5. The summed E-state index contributed by atoms with van der Waals surface area (Å²) in [5.41, 5.74) is -1.22. The first kappa shape index (κ1) is 10.7. The van der Waals surface area contributed by atoms with Crippen molar-refractivity contribution in [3.05, 3.63) is 0 Å². The predicted molar refractivity (Wildman–Crippen MR) is 45.8 cm³/mol. The fourth-order valence-electron chi connectivity index (χ4n) is 1.76. The van der Waals surface area contributed by atoms with Crippen LogP contribution in [-0.4, -0.2) is 27.9 Å². The van der Waals surface area contributed by atoms with Gasteiger partial charge in [-0.25, -0.2) is 0 Å². The fourth-order valence-corrected chi connectivity index (χ4v) is 1.76. The molecule has 0 bridgehead atoms. The molecule has 5 heteroatoms. The molecule has 0 aliphatic heterocycles. The van der Waals surface area contributed by atoms with Crippen LogP contribution in [0.5, 0.6) is 0 Å². The Balaban J connectivity index is 2.78. The summed E-state index contributed by atoms with van der Waals surface area (Å²) in [6.07, 6.45) is 0.260. The molecule has 1 rings (SSSR count). The van der Waals surface area contributed by atoms with Gasteiger partial charge in [-0.05, 0) is 12.8 Å². The molecule has 1 saturated carbocycles. The number of ketones is 1. The van der Waals surface area contributed by atoms with E-state index < -0.39 is 23.8 Å². The van der Waals surface area contributed by atoms with E-state index in [1.165, 1.54) is 0 Å². The zero-order valence-electron chi connectivity index (χ0n) is 7.65. The molecule has 1 aliphatic carbocycles. The lowest BCUT2D eigenvalue weighted by Gasteiger charge is -2.30. The second-order valence-electron chi connectivity index (χ2n) is 3.69. The van der Waals surface area contributed by atoms with Crippen molar-refractivity contribution in [2.75, 3.05) is 0 Å². The number of aliphatic carboxylic acids is 2. The van der Waals surface area contributed by atoms with E-state index in [1.807, 2.05) is 0 Å². The van der Waals surface area contributed by atoms with Crippen LogP contribution in [0.1, 0.15) is 32.1 Å². The zero-order valence-corrected chi connectivity index (χ0v) is 7.65. The van der Waals surface area contributed by atoms with E-state index in [-0.39, 0.29) is 31.5 Å². The van der Waals surface area contributed by atoms with Gasteiger partial charge in [-0.2, -0.15) is 0 Å². The molecule has 0 aromatic carbocycles. The number of hydrogen-bond acceptors (Lipinski definition) is 3. The SMILES string of the molecule is O=C(O)CC1(C(=O)O)CCC(=O)CC1. The summed E-state index contributed by atoms with van der Waals surface area (Å²) in [4.78, 5) is 32.4. The Hall–Kier alpha value is -1.39.